The Morgan fingerprint density at radius 1 is 1.73 bits per heavy atom. The first-order valence-corrected chi connectivity index (χ1v) is 3.84. The maximum atomic E-state index is 11.0. The molecule has 1 aliphatic heterocycles. The van der Waals surface area contributed by atoms with E-state index in [4.69, 9.17) is 0 Å². The van der Waals surface area contributed by atoms with E-state index in [9.17, 15) is 9.90 Å². The van der Waals surface area contributed by atoms with Crippen LogP contribution in [0.2, 0.25) is 0 Å². The van der Waals surface area contributed by atoms with Crippen LogP contribution in [-0.4, -0.2) is 17.1 Å². The number of rotatable bonds is 1. The van der Waals surface area contributed by atoms with Gasteiger partial charge in [-0.15, -0.1) is 0 Å². The molecule has 1 heterocycles. The highest BCUT2D eigenvalue weighted by molar-refractivity contribution is 5.94. The van der Waals surface area contributed by atoms with Crippen molar-refractivity contribution in [2.24, 2.45) is 0 Å². The molecule has 2 N–H and O–H groups in total. The fourth-order valence-corrected chi connectivity index (χ4v) is 1.11. The Hall–Kier alpha value is -0.990. The number of carbonyl (C=O) groups is 1. The third-order valence-corrected chi connectivity index (χ3v) is 2.04. The highest BCUT2D eigenvalue weighted by atomic mass is 16.3. The standard InChI is InChI=1S/C8H13NO2/c1-3-6-4-7(10)5(2)8(11)9-6/h6,10H,3-4H2,1-2H3,(H,9,11). The van der Waals surface area contributed by atoms with Gasteiger partial charge in [0.05, 0.1) is 5.57 Å². The fraction of sp³-hybridized carbons (Fsp3) is 0.625. The van der Waals surface area contributed by atoms with E-state index in [1.54, 1.807) is 6.92 Å². The quantitative estimate of drug-likeness (QED) is 0.596. The van der Waals surface area contributed by atoms with Gasteiger partial charge in [-0.3, -0.25) is 4.79 Å². The van der Waals surface area contributed by atoms with E-state index < -0.39 is 0 Å². The molecule has 0 aliphatic carbocycles. The second-order valence-corrected chi connectivity index (χ2v) is 2.85. The average molecular weight is 155 g/mol. The van der Waals surface area contributed by atoms with Crippen molar-refractivity contribution in [1.82, 2.24) is 5.32 Å². The van der Waals surface area contributed by atoms with Gasteiger partial charge in [-0.2, -0.15) is 0 Å². The summed E-state index contributed by atoms with van der Waals surface area (Å²) in [5.41, 5.74) is 0.453. The number of hydrogen-bond acceptors (Lipinski definition) is 2. The van der Waals surface area contributed by atoms with Crippen molar-refractivity contribution in [3.05, 3.63) is 11.3 Å². The zero-order valence-corrected chi connectivity index (χ0v) is 6.85. The summed E-state index contributed by atoms with van der Waals surface area (Å²) in [4.78, 5) is 11.0. The summed E-state index contributed by atoms with van der Waals surface area (Å²) in [6, 6.07) is 0.117. The maximum absolute atomic E-state index is 11.0. The monoisotopic (exact) mass is 155 g/mol. The largest absolute Gasteiger partial charge is 0.512 e. The number of carbonyl (C=O) groups excluding carboxylic acids is 1. The van der Waals surface area contributed by atoms with Crippen molar-refractivity contribution in [2.75, 3.05) is 0 Å². The second-order valence-electron chi connectivity index (χ2n) is 2.85. The summed E-state index contributed by atoms with van der Waals surface area (Å²) in [7, 11) is 0. The van der Waals surface area contributed by atoms with Crippen molar-refractivity contribution in [2.45, 2.75) is 32.7 Å². The van der Waals surface area contributed by atoms with Crippen LogP contribution < -0.4 is 5.32 Å². The van der Waals surface area contributed by atoms with Crippen molar-refractivity contribution >= 4 is 5.91 Å². The van der Waals surface area contributed by atoms with Crippen molar-refractivity contribution in [1.29, 1.82) is 0 Å². The van der Waals surface area contributed by atoms with E-state index in [-0.39, 0.29) is 17.7 Å². The van der Waals surface area contributed by atoms with Crippen molar-refractivity contribution in [3.63, 3.8) is 0 Å². The van der Waals surface area contributed by atoms with Crippen LogP contribution in [0.5, 0.6) is 0 Å². The molecule has 0 spiro atoms. The lowest BCUT2D eigenvalue weighted by Gasteiger charge is -2.22. The van der Waals surface area contributed by atoms with E-state index in [1.807, 2.05) is 6.92 Å². The molecular weight excluding hydrogens is 142 g/mol. The number of aliphatic hydroxyl groups is 1. The molecule has 1 amide bonds. The van der Waals surface area contributed by atoms with Crippen LogP contribution in [0.3, 0.4) is 0 Å². The van der Waals surface area contributed by atoms with Gasteiger partial charge in [0.25, 0.3) is 5.91 Å². The van der Waals surface area contributed by atoms with Gasteiger partial charge >= 0.3 is 0 Å². The molecule has 1 aliphatic rings. The summed E-state index contributed by atoms with van der Waals surface area (Å²) >= 11 is 0. The van der Waals surface area contributed by atoms with Crippen LogP contribution in [0.25, 0.3) is 0 Å². The molecule has 0 aromatic rings. The van der Waals surface area contributed by atoms with Crippen LogP contribution in [0, 0.1) is 0 Å². The summed E-state index contributed by atoms with van der Waals surface area (Å²) in [6.45, 7) is 3.62. The molecule has 0 bridgehead atoms. The maximum Gasteiger partial charge on any atom is 0.250 e. The minimum absolute atomic E-state index is 0.117. The second kappa shape index (κ2) is 2.95. The Balaban J connectivity index is 2.76. The van der Waals surface area contributed by atoms with Crippen LogP contribution in [0.15, 0.2) is 11.3 Å². The molecule has 0 aromatic heterocycles. The smallest absolute Gasteiger partial charge is 0.250 e. The number of aliphatic hydroxyl groups excluding tert-OH is 1. The SMILES string of the molecule is CCC1CC(O)=C(C)C(=O)N1. The molecule has 0 fully saturated rings. The minimum Gasteiger partial charge on any atom is -0.512 e. The Morgan fingerprint density at radius 3 is 2.82 bits per heavy atom. The summed E-state index contributed by atoms with van der Waals surface area (Å²) in [6.07, 6.45) is 1.44. The third-order valence-electron chi connectivity index (χ3n) is 2.04. The average Bonchev–Trinajstić information content (AvgIpc) is 1.99. The summed E-state index contributed by atoms with van der Waals surface area (Å²) in [5.74, 6) is 0.0983. The van der Waals surface area contributed by atoms with E-state index in [0.717, 1.165) is 6.42 Å². The van der Waals surface area contributed by atoms with Crippen LogP contribution >= 0.6 is 0 Å². The first kappa shape index (κ1) is 8.11. The third kappa shape index (κ3) is 1.53. The molecule has 3 heteroatoms. The molecule has 11 heavy (non-hydrogen) atoms. The molecule has 1 rings (SSSR count). The Labute approximate surface area is 66.1 Å². The lowest BCUT2D eigenvalue weighted by molar-refractivity contribution is -0.119. The van der Waals surface area contributed by atoms with Gasteiger partial charge < -0.3 is 10.4 Å². The molecule has 0 aromatic carbocycles. The van der Waals surface area contributed by atoms with Crippen molar-refractivity contribution in [3.8, 4) is 0 Å². The zero-order chi connectivity index (χ0) is 8.43. The summed E-state index contributed by atoms with van der Waals surface area (Å²) in [5, 5.41) is 12.1. The van der Waals surface area contributed by atoms with Gasteiger partial charge in [0.2, 0.25) is 0 Å². The molecule has 1 atom stereocenters. The van der Waals surface area contributed by atoms with Gasteiger partial charge in [0.15, 0.2) is 0 Å². The number of amides is 1. The predicted octanol–water partition coefficient (Wildman–Crippen LogP) is 1.12. The van der Waals surface area contributed by atoms with Gasteiger partial charge in [-0.25, -0.2) is 0 Å². The van der Waals surface area contributed by atoms with E-state index in [1.165, 1.54) is 0 Å². The molecule has 0 saturated heterocycles. The fourth-order valence-electron chi connectivity index (χ4n) is 1.11. The van der Waals surface area contributed by atoms with Crippen LogP contribution in [0.4, 0.5) is 0 Å². The lowest BCUT2D eigenvalue weighted by Crippen LogP contribution is -2.39. The van der Waals surface area contributed by atoms with Gasteiger partial charge in [0, 0.05) is 12.5 Å². The van der Waals surface area contributed by atoms with Crippen molar-refractivity contribution < 1.29 is 9.90 Å². The molecular formula is C8H13NO2. The molecule has 3 nitrogen and oxygen atoms in total. The first-order chi connectivity index (χ1) is 5.15. The Kier molecular flexibility index (Phi) is 2.17. The van der Waals surface area contributed by atoms with E-state index >= 15 is 0 Å². The normalized spacial score (nSPS) is 25.3. The number of hydrogen-bond donors (Lipinski definition) is 2. The first-order valence-electron chi connectivity index (χ1n) is 3.84. The Bertz CT molecular complexity index is 208. The van der Waals surface area contributed by atoms with Gasteiger partial charge in [-0.05, 0) is 13.3 Å². The van der Waals surface area contributed by atoms with Gasteiger partial charge in [-0.1, -0.05) is 6.92 Å². The van der Waals surface area contributed by atoms with Gasteiger partial charge in [0.1, 0.15) is 5.76 Å². The zero-order valence-electron chi connectivity index (χ0n) is 6.85. The molecule has 0 saturated carbocycles. The lowest BCUT2D eigenvalue weighted by atomic mass is 10.0. The van der Waals surface area contributed by atoms with Crippen LogP contribution in [0.1, 0.15) is 26.7 Å². The van der Waals surface area contributed by atoms with E-state index in [0.29, 0.717) is 12.0 Å². The topological polar surface area (TPSA) is 49.3 Å². The highest BCUT2D eigenvalue weighted by Gasteiger charge is 2.21. The molecule has 0 radical (unpaired) electrons. The van der Waals surface area contributed by atoms with Crippen LogP contribution in [-0.2, 0) is 4.79 Å². The predicted molar refractivity (Wildman–Crippen MR) is 42.2 cm³/mol. The molecule has 62 valence electrons. The summed E-state index contributed by atoms with van der Waals surface area (Å²) < 4.78 is 0. The highest BCUT2D eigenvalue weighted by Crippen LogP contribution is 2.15. The number of nitrogens with one attached hydrogen (secondary N) is 1. The minimum atomic E-state index is -0.138. The Morgan fingerprint density at radius 2 is 2.36 bits per heavy atom. The van der Waals surface area contributed by atoms with E-state index in [2.05, 4.69) is 5.32 Å². The molecule has 1 unspecified atom stereocenters.